The lowest BCUT2D eigenvalue weighted by atomic mass is 9.94. The van der Waals surface area contributed by atoms with Gasteiger partial charge in [-0.15, -0.1) is 0 Å². The molecule has 1 aliphatic rings. The lowest BCUT2D eigenvalue weighted by molar-refractivity contribution is -0.0512. The van der Waals surface area contributed by atoms with Gasteiger partial charge in [-0.2, -0.15) is 8.78 Å². The monoisotopic (exact) mass is 269 g/mol. The van der Waals surface area contributed by atoms with Crippen LogP contribution in [0.3, 0.4) is 0 Å². The number of ether oxygens (including phenoxy) is 1. The molecule has 0 aliphatic carbocycles. The zero-order chi connectivity index (χ0) is 13.9. The van der Waals surface area contributed by atoms with E-state index in [0.717, 1.165) is 12.8 Å². The van der Waals surface area contributed by atoms with Gasteiger partial charge in [-0.05, 0) is 57.5 Å². The van der Waals surface area contributed by atoms with Crippen molar-refractivity contribution in [2.45, 2.75) is 51.2 Å². The van der Waals surface area contributed by atoms with Gasteiger partial charge in [0.1, 0.15) is 5.75 Å². The molecule has 0 saturated carbocycles. The Morgan fingerprint density at radius 2 is 1.89 bits per heavy atom. The summed E-state index contributed by atoms with van der Waals surface area (Å²) in [5.41, 5.74) is 0.0583. The zero-order valence-corrected chi connectivity index (χ0v) is 11.5. The summed E-state index contributed by atoms with van der Waals surface area (Å²) in [6.45, 7) is 4.50. The summed E-state index contributed by atoms with van der Waals surface area (Å²) < 4.78 is 34.1. The van der Waals surface area contributed by atoms with E-state index in [1.807, 2.05) is 13.8 Å². The molecule has 0 bridgehead atoms. The van der Waals surface area contributed by atoms with Crippen molar-refractivity contribution in [3.8, 4) is 5.75 Å². The van der Waals surface area contributed by atoms with E-state index >= 15 is 0 Å². The lowest BCUT2D eigenvalue weighted by Gasteiger charge is -2.31. The molecule has 2 rings (SSSR count). The fraction of sp³-hybridized carbons (Fsp3) is 0.600. The van der Waals surface area contributed by atoms with Crippen molar-refractivity contribution >= 4 is 0 Å². The first kappa shape index (κ1) is 14.3. The normalized spacial score (nSPS) is 20.6. The van der Waals surface area contributed by atoms with Gasteiger partial charge >= 0.3 is 0 Å². The number of rotatable bonds is 4. The smallest absolute Gasteiger partial charge is 0.288 e. The van der Waals surface area contributed by atoms with E-state index in [0.29, 0.717) is 18.7 Å². The number of hydrogen-bond acceptors (Lipinski definition) is 2. The molecule has 0 radical (unpaired) electrons. The van der Waals surface area contributed by atoms with Crippen molar-refractivity contribution in [2.24, 2.45) is 0 Å². The maximum absolute atomic E-state index is 14.3. The molecule has 4 heteroatoms. The Morgan fingerprint density at radius 3 is 2.42 bits per heavy atom. The predicted molar refractivity (Wildman–Crippen MR) is 71.7 cm³/mol. The number of halogens is 2. The average molecular weight is 269 g/mol. The second-order valence-electron chi connectivity index (χ2n) is 5.32. The van der Waals surface area contributed by atoms with Crippen LogP contribution in [0.15, 0.2) is 24.3 Å². The number of nitrogens with one attached hydrogen (secondary N) is 1. The molecule has 1 aliphatic heterocycles. The van der Waals surface area contributed by atoms with Gasteiger partial charge < -0.3 is 10.1 Å². The summed E-state index contributed by atoms with van der Waals surface area (Å²) in [4.78, 5) is 0. The summed E-state index contributed by atoms with van der Waals surface area (Å²) in [5, 5.41) is 2.92. The quantitative estimate of drug-likeness (QED) is 0.899. The fourth-order valence-corrected chi connectivity index (χ4v) is 2.39. The van der Waals surface area contributed by atoms with Gasteiger partial charge in [0.05, 0.1) is 12.1 Å². The Morgan fingerprint density at radius 1 is 1.21 bits per heavy atom. The molecule has 1 aromatic rings. The highest BCUT2D eigenvalue weighted by molar-refractivity contribution is 5.31. The number of piperidine rings is 1. The standard InChI is InChI=1S/C15H21F2NO/c1-11(2)19-13-8-6-12(7-9-13)15(16,17)14-5-3-4-10-18-14/h6-9,11,14,18H,3-5,10H2,1-2H3. The average Bonchev–Trinajstić information content (AvgIpc) is 2.40. The minimum absolute atomic E-state index is 0.0476. The predicted octanol–water partition coefficient (Wildman–Crippen LogP) is 3.71. The van der Waals surface area contributed by atoms with E-state index in [2.05, 4.69) is 5.32 Å². The molecular weight excluding hydrogens is 248 g/mol. The van der Waals surface area contributed by atoms with Gasteiger partial charge in [-0.25, -0.2) is 0 Å². The Balaban J connectivity index is 2.11. The molecule has 0 amide bonds. The third-order valence-electron chi connectivity index (χ3n) is 3.36. The summed E-state index contributed by atoms with van der Waals surface area (Å²) >= 11 is 0. The molecule has 1 fully saturated rings. The van der Waals surface area contributed by atoms with Crippen molar-refractivity contribution < 1.29 is 13.5 Å². The van der Waals surface area contributed by atoms with Crippen molar-refractivity contribution in [3.63, 3.8) is 0 Å². The van der Waals surface area contributed by atoms with Crippen molar-refractivity contribution in [1.82, 2.24) is 5.32 Å². The highest BCUT2D eigenvalue weighted by atomic mass is 19.3. The Hall–Kier alpha value is -1.16. The summed E-state index contributed by atoms with van der Waals surface area (Å²) in [6.07, 6.45) is 2.42. The number of hydrogen-bond donors (Lipinski definition) is 1. The van der Waals surface area contributed by atoms with E-state index in [1.54, 1.807) is 12.1 Å². The maximum Gasteiger partial charge on any atom is 0.288 e. The molecule has 0 spiro atoms. The molecule has 1 unspecified atom stereocenters. The SMILES string of the molecule is CC(C)Oc1ccc(C(F)(F)C2CCCCN2)cc1. The third kappa shape index (κ3) is 3.44. The molecule has 1 atom stereocenters. The lowest BCUT2D eigenvalue weighted by Crippen LogP contribution is -2.45. The van der Waals surface area contributed by atoms with Crippen molar-refractivity contribution in [3.05, 3.63) is 29.8 Å². The first-order valence-electron chi connectivity index (χ1n) is 6.88. The molecule has 1 saturated heterocycles. The van der Waals surface area contributed by atoms with Gasteiger partial charge in [-0.1, -0.05) is 6.42 Å². The van der Waals surface area contributed by atoms with Crippen molar-refractivity contribution in [2.75, 3.05) is 6.54 Å². The number of benzene rings is 1. The second-order valence-corrected chi connectivity index (χ2v) is 5.32. The van der Waals surface area contributed by atoms with E-state index in [4.69, 9.17) is 4.74 Å². The largest absolute Gasteiger partial charge is 0.491 e. The number of alkyl halides is 2. The van der Waals surface area contributed by atoms with Crippen LogP contribution < -0.4 is 10.1 Å². The van der Waals surface area contributed by atoms with Gasteiger partial charge in [0, 0.05) is 5.56 Å². The molecule has 1 aromatic carbocycles. The van der Waals surface area contributed by atoms with Crippen LogP contribution in [0, 0.1) is 0 Å². The third-order valence-corrected chi connectivity index (χ3v) is 3.36. The second kappa shape index (κ2) is 5.87. The van der Waals surface area contributed by atoms with E-state index in [1.165, 1.54) is 12.1 Å². The Labute approximate surface area is 113 Å². The van der Waals surface area contributed by atoms with E-state index in [9.17, 15) is 8.78 Å². The summed E-state index contributed by atoms with van der Waals surface area (Å²) in [6, 6.07) is 5.42. The first-order valence-corrected chi connectivity index (χ1v) is 6.88. The van der Waals surface area contributed by atoms with Gasteiger partial charge in [0.15, 0.2) is 0 Å². The topological polar surface area (TPSA) is 21.3 Å². The summed E-state index contributed by atoms with van der Waals surface area (Å²) in [5.74, 6) is -2.19. The first-order chi connectivity index (χ1) is 9.00. The minimum Gasteiger partial charge on any atom is -0.491 e. The van der Waals surface area contributed by atoms with Crippen LogP contribution in [0.5, 0.6) is 5.75 Å². The zero-order valence-electron chi connectivity index (χ0n) is 11.5. The maximum atomic E-state index is 14.3. The molecule has 1 N–H and O–H groups in total. The van der Waals surface area contributed by atoms with Crippen LogP contribution in [-0.4, -0.2) is 18.7 Å². The Kier molecular flexibility index (Phi) is 4.40. The molecule has 0 aromatic heterocycles. The van der Waals surface area contributed by atoms with Gasteiger partial charge in [0.25, 0.3) is 5.92 Å². The van der Waals surface area contributed by atoms with Crippen LogP contribution in [-0.2, 0) is 5.92 Å². The van der Waals surface area contributed by atoms with Crippen LogP contribution in [0.4, 0.5) is 8.78 Å². The highest BCUT2D eigenvalue weighted by Gasteiger charge is 2.41. The van der Waals surface area contributed by atoms with E-state index in [-0.39, 0.29) is 11.7 Å². The fourth-order valence-electron chi connectivity index (χ4n) is 2.39. The minimum atomic E-state index is -2.82. The molecule has 106 valence electrons. The molecular formula is C15H21F2NO. The van der Waals surface area contributed by atoms with Gasteiger partial charge in [0.2, 0.25) is 0 Å². The van der Waals surface area contributed by atoms with E-state index < -0.39 is 12.0 Å². The summed E-state index contributed by atoms with van der Waals surface area (Å²) in [7, 11) is 0. The van der Waals surface area contributed by atoms with Crippen LogP contribution >= 0.6 is 0 Å². The molecule has 19 heavy (non-hydrogen) atoms. The van der Waals surface area contributed by atoms with Crippen LogP contribution in [0.2, 0.25) is 0 Å². The van der Waals surface area contributed by atoms with Crippen LogP contribution in [0.25, 0.3) is 0 Å². The Bertz CT molecular complexity index is 397. The molecule has 2 nitrogen and oxygen atoms in total. The highest BCUT2D eigenvalue weighted by Crippen LogP contribution is 2.36. The van der Waals surface area contributed by atoms with Gasteiger partial charge in [-0.3, -0.25) is 0 Å². The van der Waals surface area contributed by atoms with Crippen molar-refractivity contribution in [1.29, 1.82) is 0 Å². The molecule has 1 heterocycles. The van der Waals surface area contributed by atoms with Crippen LogP contribution in [0.1, 0.15) is 38.7 Å².